The summed E-state index contributed by atoms with van der Waals surface area (Å²) in [6, 6.07) is 15.4. The highest BCUT2D eigenvalue weighted by atomic mass is 35.5. The highest BCUT2D eigenvalue weighted by Crippen LogP contribution is 2.20. The van der Waals surface area contributed by atoms with Crippen LogP contribution in [0.5, 0.6) is 0 Å². The van der Waals surface area contributed by atoms with Gasteiger partial charge in [-0.1, -0.05) is 48.9 Å². The Bertz CT molecular complexity index is 903. The molecule has 0 bridgehead atoms. The molecule has 1 amide bonds. The van der Waals surface area contributed by atoms with Gasteiger partial charge in [-0.3, -0.25) is 4.79 Å². The zero-order chi connectivity index (χ0) is 19.2. The Morgan fingerprint density at radius 2 is 1.96 bits per heavy atom. The van der Waals surface area contributed by atoms with Crippen molar-refractivity contribution in [1.82, 2.24) is 15.0 Å². The molecule has 1 N–H and O–H groups in total. The minimum Gasteiger partial charge on any atom is -0.326 e. The molecular formula is C21H23ClN4O. The van der Waals surface area contributed by atoms with E-state index in [2.05, 4.69) is 29.5 Å². The minimum atomic E-state index is 0.00351. The molecule has 1 aromatic heterocycles. The van der Waals surface area contributed by atoms with Crippen molar-refractivity contribution in [2.45, 2.75) is 39.0 Å². The van der Waals surface area contributed by atoms with Crippen molar-refractivity contribution >= 4 is 23.2 Å². The van der Waals surface area contributed by atoms with Gasteiger partial charge in [-0.25, -0.2) is 4.68 Å². The molecule has 3 rings (SSSR count). The van der Waals surface area contributed by atoms with E-state index in [0.717, 1.165) is 34.9 Å². The lowest BCUT2D eigenvalue weighted by Gasteiger charge is -2.11. The molecule has 0 saturated carbocycles. The van der Waals surface area contributed by atoms with E-state index in [1.54, 1.807) is 10.9 Å². The summed E-state index contributed by atoms with van der Waals surface area (Å²) in [5.74, 6) is 0.315. The largest absolute Gasteiger partial charge is 0.326 e. The number of nitrogens with one attached hydrogen (secondary N) is 1. The molecule has 0 unspecified atom stereocenters. The lowest BCUT2D eigenvalue weighted by Crippen LogP contribution is -2.12. The first kappa shape index (κ1) is 19.1. The average Bonchev–Trinajstić information content (AvgIpc) is 3.14. The summed E-state index contributed by atoms with van der Waals surface area (Å²) in [6.45, 7) is 4.20. The van der Waals surface area contributed by atoms with Crippen LogP contribution in [0, 0.1) is 0 Å². The van der Waals surface area contributed by atoms with Crippen LogP contribution in [0.4, 0.5) is 5.69 Å². The summed E-state index contributed by atoms with van der Waals surface area (Å²) in [7, 11) is 0. The molecule has 27 heavy (non-hydrogen) atoms. The topological polar surface area (TPSA) is 59.8 Å². The van der Waals surface area contributed by atoms with E-state index in [4.69, 9.17) is 11.6 Å². The molecule has 0 fully saturated rings. The minimum absolute atomic E-state index is 0.00351. The summed E-state index contributed by atoms with van der Waals surface area (Å²) in [4.78, 5) is 12.3. The summed E-state index contributed by atoms with van der Waals surface area (Å²) in [5.41, 5.74) is 3.85. The van der Waals surface area contributed by atoms with Crippen LogP contribution in [0.25, 0.3) is 5.69 Å². The number of carbonyl (C=O) groups is 1. The quantitative estimate of drug-likeness (QED) is 0.625. The fourth-order valence-electron chi connectivity index (χ4n) is 2.88. The molecule has 6 heteroatoms. The molecule has 0 aliphatic heterocycles. The fraction of sp³-hybridized carbons (Fsp3) is 0.286. The smallest absolute Gasteiger partial charge is 0.224 e. The number of amides is 1. The number of nitrogens with zero attached hydrogens (tertiary/aromatic N) is 3. The van der Waals surface area contributed by atoms with Crippen LogP contribution in [0.1, 0.15) is 43.9 Å². The van der Waals surface area contributed by atoms with Gasteiger partial charge in [0.25, 0.3) is 0 Å². The van der Waals surface area contributed by atoms with Gasteiger partial charge in [0.15, 0.2) is 0 Å². The Morgan fingerprint density at radius 1 is 1.19 bits per heavy atom. The van der Waals surface area contributed by atoms with Gasteiger partial charge in [0.1, 0.15) is 0 Å². The van der Waals surface area contributed by atoms with Crippen LogP contribution in [0.2, 0.25) is 5.02 Å². The molecule has 1 heterocycles. The maximum atomic E-state index is 12.3. The van der Waals surface area contributed by atoms with Crippen molar-refractivity contribution < 1.29 is 4.79 Å². The molecule has 140 valence electrons. The van der Waals surface area contributed by atoms with Crippen LogP contribution < -0.4 is 5.32 Å². The molecule has 0 saturated heterocycles. The first-order chi connectivity index (χ1) is 13.0. The van der Waals surface area contributed by atoms with Gasteiger partial charge in [0.05, 0.1) is 17.6 Å². The predicted molar refractivity (Wildman–Crippen MR) is 108 cm³/mol. The molecule has 5 nitrogen and oxygen atoms in total. The van der Waals surface area contributed by atoms with Crippen LogP contribution >= 0.6 is 11.6 Å². The molecule has 3 aromatic rings. The number of anilines is 1. The van der Waals surface area contributed by atoms with E-state index in [1.807, 2.05) is 48.5 Å². The first-order valence-corrected chi connectivity index (χ1v) is 9.46. The Morgan fingerprint density at radius 3 is 2.70 bits per heavy atom. The van der Waals surface area contributed by atoms with Crippen molar-refractivity contribution in [3.8, 4) is 5.69 Å². The van der Waals surface area contributed by atoms with Gasteiger partial charge in [0, 0.05) is 17.1 Å². The van der Waals surface area contributed by atoms with Crippen LogP contribution in [0.3, 0.4) is 0 Å². The summed E-state index contributed by atoms with van der Waals surface area (Å²) in [6.07, 6.45) is 3.87. The third kappa shape index (κ3) is 5.17. The number of rotatable bonds is 7. The number of aromatic nitrogens is 3. The van der Waals surface area contributed by atoms with Crippen LogP contribution in [-0.4, -0.2) is 20.9 Å². The third-order valence-corrected chi connectivity index (χ3v) is 4.58. The standard InChI is InChI=1S/C21H23ClN4O/c1-15(2)20-14-23-25-26(20)19-7-4-6-18(13-19)24-21(27)8-3-5-16-9-11-17(22)12-10-16/h4,6-7,9-15H,3,5,8H2,1-2H3,(H,24,27). The summed E-state index contributed by atoms with van der Waals surface area (Å²) in [5, 5.41) is 11.9. The van der Waals surface area contributed by atoms with Gasteiger partial charge in [-0.15, -0.1) is 5.10 Å². The van der Waals surface area contributed by atoms with Crippen molar-refractivity contribution in [2.24, 2.45) is 0 Å². The maximum Gasteiger partial charge on any atom is 0.224 e. The first-order valence-electron chi connectivity index (χ1n) is 9.08. The molecule has 0 radical (unpaired) electrons. The Balaban J connectivity index is 1.58. The van der Waals surface area contributed by atoms with E-state index < -0.39 is 0 Å². The fourth-order valence-corrected chi connectivity index (χ4v) is 3.01. The van der Waals surface area contributed by atoms with Crippen LogP contribution in [-0.2, 0) is 11.2 Å². The normalized spacial score (nSPS) is 11.0. The van der Waals surface area contributed by atoms with Crippen molar-refractivity contribution in [3.05, 3.63) is 71.0 Å². The SMILES string of the molecule is CC(C)c1cnnn1-c1cccc(NC(=O)CCCc2ccc(Cl)cc2)c1. The Kier molecular flexibility index (Phi) is 6.24. The molecular weight excluding hydrogens is 360 g/mol. The van der Waals surface area contributed by atoms with Crippen LogP contribution in [0.15, 0.2) is 54.7 Å². The third-order valence-electron chi connectivity index (χ3n) is 4.32. The number of benzene rings is 2. The van der Waals surface area contributed by atoms with Gasteiger partial charge in [-0.2, -0.15) is 0 Å². The number of hydrogen-bond donors (Lipinski definition) is 1. The zero-order valence-corrected chi connectivity index (χ0v) is 16.3. The lowest BCUT2D eigenvalue weighted by molar-refractivity contribution is -0.116. The number of carbonyl (C=O) groups excluding carboxylic acids is 1. The average molecular weight is 383 g/mol. The Hall–Kier alpha value is -2.66. The molecule has 0 aliphatic rings. The van der Waals surface area contributed by atoms with Gasteiger partial charge >= 0.3 is 0 Å². The van der Waals surface area contributed by atoms with E-state index in [9.17, 15) is 4.79 Å². The number of halogens is 1. The van der Waals surface area contributed by atoms with Gasteiger partial charge in [0.2, 0.25) is 5.91 Å². The van der Waals surface area contributed by atoms with E-state index in [1.165, 1.54) is 5.56 Å². The summed E-state index contributed by atoms with van der Waals surface area (Å²) >= 11 is 5.89. The number of aryl methyl sites for hydroxylation is 1. The zero-order valence-electron chi connectivity index (χ0n) is 15.5. The maximum absolute atomic E-state index is 12.3. The van der Waals surface area contributed by atoms with E-state index in [0.29, 0.717) is 12.3 Å². The van der Waals surface area contributed by atoms with Gasteiger partial charge < -0.3 is 5.32 Å². The van der Waals surface area contributed by atoms with E-state index in [-0.39, 0.29) is 5.91 Å². The molecule has 2 aromatic carbocycles. The second kappa shape index (κ2) is 8.82. The van der Waals surface area contributed by atoms with Crippen molar-refractivity contribution in [1.29, 1.82) is 0 Å². The van der Waals surface area contributed by atoms with Gasteiger partial charge in [-0.05, 0) is 54.7 Å². The monoisotopic (exact) mass is 382 g/mol. The lowest BCUT2D eigenvalue weighted by atomic mass is 10.1. The number of hydrogen-bond acceptors (Lipinski definition) is 3. The molecule has 0 aliphatic carbocycles. The Labute approximate surface area is 164 Å². The molecule has 0 atom stereocenters. The second-order valence-electron chi connectivity index (χ2n) is 6.80. The highest BCUT2D eigenvalue weighted by molar-refractivity contribution is 6.30. The van der Waals surface area contributed by atoms with Crippen molar-refractivity contribution in [3.63, 3.8) is 0 Å². The second-order valence-corrected chi connectivity index (χ2v) is 7.24. The highest BCUT2D eigenvalue weighted by Gasteiger charge is 2.11. The van der Waals surface area contributed by atoms with E-state index >= 15 is 0 Å². The predicted octanol–water partition coefficient (Wildman–Crippen LogP) is 5.01. The van der Waals surface area contributed by atoms with Crippen molar-refractivity contribution in [2.75, 3.05) is 5.32 Å². The molecule has 0 spiro atoms. The summed E-state index contributed by atoms with van der Waals surface area (Å²) < 4.78 is 1.81.